The first-order chi connectivity index (χ1) is 7.70. The van der Waals surface area contributed by atoms with E-state index in [2.05, 4.69) is 41.6 Å². The van der Waals surface area contributed by atoms with Gasteiger partial charge in [-0.3, -0.25) is 0 Å². The van der Waals surface area contributed by atoms with Crippen molar-refractivity contribution < 1.29 is 0 Å². The van der Waals surface area contributed by atoms with E-state index in [1.54, 1.807) is 0 Å². The summed E-state index contributed by atoms with van der Waals surface area (Å²) in [4.78, 5) is 4.62. The summed E-state index contributed by atoms with van der Waals surface area (Å²) in [5.74, 6) is 2.27. The molecule has 1 aliphatic carbocycles. The number of aryl methyl sites for hydroxylation is 1. The van der Waals surface area contributed by atoms with E-state index < -0.39 is 0 Å². The van der Waals surface area contributed by atoms with Gasteiger partial charge in [0.1, 0.15) is 5.82 Å². The minimum absolute atomic E-state index is 0.497. The molecule has 1 aliphatic rings. The lowest BCUT2D eigenvalue weighted by atomic mass is 10.2. The molecule has 3 heteroatoms. The molecule has 84 valence electrons. The van der Waals surface area contributed by atoms with Gasteiger partial charge >= 0.3 is 0 Å². The SMILES string of the molecule is Cc1ccc2c(c1)nc(CCl)n2C1CC1C. The molecule has 1 aromatic heterocycles. The molecule has 0 N–H and O–H groups in total. The van der Waals surface area contributed by atoms with Crippen molar-refractivity contribution in [1.29, 1.82) is 0 Å². The van der Waals surface area contributed by atoms with Crippen LogP contribution in [0.4, 0.5) is 0 Å². The highest BCUT2D eigenvalue weighted by Crippen LogP contribution is 2.45. The lowest BCUT2D eigenvalue weighted by molar-refractivity contribution is 0.678. The quantitative estimate of drug-likeness (QED) is 0.725. The number of rotatable bonds is 2. The molecule has 0 radical (unpaired) electrons. The Hall–Kier alpha value is -1.02. The molecule has 1 heterocycles. The third-order valence-electron chi connectivity index (χ3n) is 3.44. The maximum Gasteiger partial charge on any atom is 0.125 e. The average Bonchev–Trinajstić information content (AvgIpc) is 2.86. The Balaban J connectivity index is 2.23. The summed E-state index contributed by atoms with van der Waals surface area (Å²) < 4.78 is 2.33. The predicted octanol–water partition coefficient (Wildman–Crippen LogP) is 3.66. The van der Waals surface area contributed by atoms with E-state index >= 15 is 0 Å². The average molecular weight is 235 g/mol. The largest absolute Gasteiger partial charge is 0.324 e. The van der Waals surface area contributed by atoms with Crippen molar-refractivity contribution in [2.24, 2.45) is 5.92 Å². The first kappa shape index (κ1) is 10.2. The number of halogens is 1. The predicted molar refractivity (Wildman–Crippen MR) is 66.8 cm³/mol. The van der Waals surface area contributed by atoms with Crippen molar-refractivity contribution in [2.75, 3.05) is 0 Å². The van der Waals surface area contributed by atoms with Crippen LogP contribution >= 0.6 is 11.6 Å². The van der Waals surface area contributed by atoms with E-state index in [0.717, 1.165) is 17.3 Å². The van der Waals surface area contributed by atoms with Crippen LogP contribution in [0.15, 0.2) is 18.2 Å². The van der Waals surface area contributed by atoms with Crippen LogP contribution in [-0.4, -0.2) is 9.55 Å². The number of aromatic nitrogens is 2. The normalized spacial score (nSPS) is 23.9. The smallest absolute Gasteiger partial charge is 0.125 e. The number of imidazole rings is 1. The molecule has 0 bridgehead atoms. The van der Waals surface area contributed by atoms with E-state index in [9.17, 15) is 0 Å². The van der Waals surface area contributed by atoms with Crippen LogP contribution < -0.4 is 0 Å². The maximum atomic E-state index is 5.98. The number of hydrogen-bond donors (Lipinski definition) is 0. The number of nitrogens with zero attached hydrogens (tertiary/aromatic N) is 2. The van der Waals surface area contributed by atoms with Crippen LogP contribution in [-0.2, 0) is 5.88 Å². The summed E-state index contributed by atoms with van der Waals surface area (Å²) in [5, 5.41) is 0. The minimum atomic E-state index is 0.497. The summed E-state index contributed by atoms with van der Waals surface area (Å²) in [6, 6.07) is 7.06. The second-order valence-corrected chi connectivity index (χ2v) is 5.07. The van der Waals surface area contributed by atoms with Crippen LogP contribution in [0, 0.1) is 12.8 Å². The van der Waals surface area contributed by atoms with Gasteiger partial charge in [0.2, 0.25) is 0 Å². The lowest BCUT2D eigenvalue weighted by Gasteiger charge is -2.05. The molecule has 0 amide bonds. The van der Waals surface area contributed by atoms with Gasteiger partial charge in [-0.2, -0.15) is 0 Å². The second-order valence-electron chi connectivity index (χ2n) is 4.80. The first-order valence-corrected chi connectivity index (χ1v) is 6.27. The first-order valence-electron chi connectivity index (χ1n) is 5.74. The highest BCUT2D eigenvalue weighted by molar-refractivity contribution is 6.16. The molecule has 0 spiro atoms. The topological polar surface area (TPSA) is 17.8 Å². The van der Waals surface area contributed by atoms with Crippen molar-refractivity contribution in [3.63, 3.8) is 0 Å². The Morgan fingerprint density at radius 1 is 1.50 bits per heavy atom. The highest BCUT2D eigenvalue weighted by Gasteiger charge is 2.36. The van der Waals surface area contributed by atoms with Gasteiger partial charge in [-0.25, -0.2) is 4.98 Å². The zero-order valence-electron chi connectivity index (χ0n) is 9.57. The number of fused-ring (bicyclic) bond motifs is 1. The Labute approximate surface area is 100 Å². The van der Waals surface area contributed by atoms with Gasteiger partial charge in [-0.1, -0.05) is 13.0 Å². The summed E-state index contributed by atoms with van der Waals surface area (Å²) >= 11 is 5.98. The van der Waals surface area contributed by atoms with Gasteiger partial charge in [0, 0.05) is 6.04 Å². The Morgan fingerprint density at radius 3 is 2.88 bits per heavy atom. The monoisotopic (exact) mass is 234 g/mol. The van der Waals surface area contributed by atoms with Crippen LogP contribution in [0.1, 0.15) is 30.8 Å². The van der Waals surface area contributed by atoms with E-state index in [1.807, 2.05) is 0 Å². The van der Waals surface area contributed by atoms with Crippen molar-refractivity contribution in [3.8, 4) is 0 Å². The van der Waals surface area contributed by atoms with Gasteiger partial charge in [-0.15, -0.1) is 11.6 Å². The standard InChI is InChI=1S/C13H15ClN2/c1-8-3-4-11-10(5-8)15-13(7-14)16(11)12-6-9(12)2/h3-5,9,12H,6-7H2,1-2H3. The molecule has 1 aromatic carbocycles. The van der Waals surface area contributed by atoms with Crippen LogP contribution in [0.25, 0.3) is 11.0 Å². The van der Waals surface area contributed by atoms with Crippen molar-refractivity contribution in [3.05, 3.63) is 29.6 Å². The Morgan fingerprint density at radius 2 is 2.25 bits per heavy atom. The summed E-state index contributed by atoms with van der Waals surface area (Å²) in [6.07, 6.45) is 1.25. The van der Waals surface area contributed by atoms with E-state index in [-0.39, 0.29) is 0 Å². The molecule has 1 saturated carbocycles. The third kappa shape index (κ3) is 1.44. The number of benzene rings is 1. The zero-order valence-corrected chi connectivity index (χ0v) is 10.3. The fourth-order valence-electron chi connectivity index (χ4n) is 2.39. The fraction of sp³-hybridized carbons (Fsp3) is 0.462. The molecule has 2 unspecified atom stereocenters. The molecular formula is C13H15ClN2. The highest BCUT2D eigenvalue weighted by atomic mass is 35.5. The van der Waals surface area contributed by atoms with Crippen molar-refractivity contribution in [2.45, 2.75) is 32.2 Å². The maximum absolute atomic E-state index is 5.98. The lowest BCUT2D eigenvalue weighted by Crippen LogP contribution is -2.00. The van der Waals surface area contributed by atoms with Crippen LogP contribution in [0.5, 0.6) is 0 Å². The molecule has 2 atom stereocenters. The van der Waals surface area contributed by atoms with Gasteiger partial charge < -0.3 is 4.57 Å². The summed E-state index contributed by atoms with van der Waals surface area (Å²) in [5.41, 5.74) is 3.56. The molecule has 3 rings (SSSR count). The van der Waals surface area contributed by atoms with Crippen LogP contribution in [0.2, 0.25) is 0 Å². The summed E-state index contributed by atoms with van der Waals surface area (Å²) in [6.45, 7) is 4.38. The van der Waals surface area contributed by atoms with Gasteiger partial charge in [0.25, 0.3) is 0 Å². The van der Waals surface area contributed by atoms with Gasteiger partial charge in [0.05, 0.1) is 16.9 Å². The molecule has 16 heavy (non-hydrogen) atoms. The molecule has 2 aromatic rings. The van der Waals surface area contributed by atoms with E-state index in [4.69, 9.17) is 11.6 Å². The van der Waals surface area contributed by atoms with Crippen molar-refractivity contribution >= 4 is 22.6 Å². The molecular weight excluding hydrogens is 220 g/mol. The van der Waals surface area contributed by atoms with E-state index in [1.165, 1.54) is 17.5 Å². The zero-order chi connectivity index (χ0) is 11.3. The number of alkyl halides is 1. The van der Waals surface area contributed by atoms with E-state index in [0.29, 0.717) is 11.9 Å². The van der Waals surface area contributed by atoms with Crippen LogP contribution in [0.3, 0.4) is 0 Å². The Bertz CT molecular complexity index is 544. The third-order valence-corrected chi connectivity index (χ3v) is 3.68. The molecule has 2 nitrogen and oxygen atoms in total. The number of hydrogen-bond acceptors (Lipinski definition) is 1. The molecule has 0 aliphatic heterocycles. The second kappa shape index (κ2) is 3.49. The Kier molecular flexibility index (Phi) is 2.21. The van der Waals surface area contributed by atoms with Gasteiger partial charge in [0.15, 0.2) is 0 Å². The minimum Gasteiger partial charge on any atom is -0.324 e. The molecule has 0 saturated heterocycles. The fourth-order valence-corrected chi connectivity index (χ4v) is 2.57. The summed E-state index contributed by atoms with van der Waals surface area (Å²) in [7, 11) is 0. The van der Waals surface area contributed by atoms with Gasteiger partial charge in [-0.05, 0) is 37.0 Å². The molecule has 1 fully saturated rings. The van der Waals surface area contributed by atoms with Crippen molar-refractivity contribution in [1.82, 2.24) is 9.55 Å².